The number of carbonyl (C=O) groups excluding carboxylic acids is 1. The summed E-state index contributed by atoms with van der Waals surface area (Å²) in [5.74, 6) is -0.563. The second-order valence-corrected chi connectivity index (χ2v) is 13.0. The fraction of sp³-hybridized carbons (Fsp3) is 0.458. The van der Waals surface area contributed by atoms with Crippen LogP contribution in [0.25, 0.3) is 0 Å². The van der Waals surface area contributed by atoms with Crippen molar-refractivity contribution in [3.63, 3.8) is 0 Å². The standard InChI is InChI=1S/C24H30N2O5S2/c27-23(24(16-6-7-17-24)32(28,29)21-10-4-3-5-11-21)25-20-12-14-22(15-13-20)33(30,31)26-18-8-1-2-9-19-26/h3-5,10-15H,1-2,6-9,16-19H2,(H,25,27). The molecule has 2 fully saturated rings. The first-order valence-electron chi connectivity index (χ1n) is 11.5. The van der Waals surface area contributed by atoms with Crippen LogP contribution in [0.2, 0.25) is 0 Å². The van der Waals surface area contributed by atoms with Crippen molar-refractivity contribution in [3.05, 3.63) is 54.6 Å². The summed E-state index contributed by atoms with van der Waals surface area (Å²) in [6.45, 7) is 1.03. The zero-order valence-electron chi connectivity index (χ0n) is 18.6. The minimum Gasteiger partial charge on any atom is -0.325 e. The van der Waals surface area contributed by atoms with E-state index < -0.39 is 30.5 Å². The lowest BCUT2D eigenvalue weighted by molar-refractivity contribution is -0.118. The van der Waals surface area contributed by atoms with Crippen LogP contribution in [0.1, 0.15) is 51.4 Å². The van der Waals surface area contributed by atoms with Crippen LogP contribution in [-0.2, 0) is 24.7 Å². The molecule has 9 heteroatoms. The fourth-order valence-electron chi connectivity index (χ4n) is 4.78. The Morgan fingerprint density at radius 3 is 1.88 bits per heavy atom. The summed E-state index contributed by atoms with van der Waals surface area (Å²) in [6, 6.07) is 14.1. The Morgan fingerprint density at radius 2 is 1.30 bits per heavy atom. The molecule has 0 radical (unpaired) electrons. The van der Waals surface area contributed by atoms with Crippen LogP contribution in [0.4, 0.5) is 5.69 Å². The number of carbonyl (C=O) groups is 1. The Morgan fingerprint density at radius 1 is 0.727 bits per heavy atom. The predicted molar refractivity (Wildman–Crippen MR) is 127 cm³/mol. The molecule has 33 heavy (non-hydrogen) atoms. The van der Waals surface area contributed by atoms with E-state index >= 15 is 0 Å². The van der Waals surface area contributed by atoms with Gasteiger partial charge in [0.25, 0.3) is 0 Å². The van der Waals surface area contributed by atoms with Gasteiger partial charge in [0.15, 0.2) is 14.6 Å². The van der Waals surface area contributed by atoms with Crippen LogP contribution in [0.5, 0.6) is 0 Å². The lowest BCUT2D eigenvalue weighted by Gasteiger charge is -2.27. The summed E-state index contributed by atoms with van der Waals surface area (Å²) in [5, 5.41) is 2.74. The number of sulfonamides is 1. The molecule has 2 aromatic rings. The van der Waals surface area contributed by atoms with Gasteiger partial charge in [0.2, 0.25) is 15.9 Å². The molecule has 4 rings (SSSR count). The van der Waals surface area contributed by atoms with E-state index in [1.54, 1.807) is 18.2 Å². The van der Waals surface area contributed by atoms with Crippen molar-refractivity contribution in [2.75, 3.05) is 18.4 Å². The van der Waals surface area contributed by atoms with E-state index in [4.69, 9.17) is 0 Å². The number of anilines is 1. The van der Waals surface area contributed by atoms with Gasteiger partial charge in [-0.2, -0.15) is 4.31 Å². The van der Waals surface area contributed by atoms with Gasteiger partial charge in [0, 0.05) is 18.8 Å². The lowest BCUT2D eigenvalue weighted by atomic mass is 10.1. The van der Waals surface area contributed by atoms with Gasteiger partial charge in [-0.25, -0.2) is 16.8 Å². The van der Waals surface area contributed by atoms with Gasteiger partial charge in [-0.15, -0.1) is 0 Å². The van der Waals surface area contributed by atoms with Crippen LogP contribution in [0.3, 0.4) is 0 Å². The van der Waals surface area contributed by atoms with Gasteiger partial charge < -0.3 is 5.32 Å². The predicted octanol–water partition coefficient (Wildman–Crippen LogP) is 3.98. The Balaban J connectivity index is 1.55. The Kier molecular flexibility index (Phi) is 6.93. The molecule has 1 N–H and O–H groups in total. The highest BCUT2D eigenvalue weighted by Crippen LogP contribution is 2.41. The van der Waals surface area contributed by atoms with E-state index in [1.165, 1.54) is 40.7 Å². The van der Waals surface area contributed by atoms with E-state index in [1.807, 2.05) is 0 Å². The van der Waals surface area contributed by atoms with Crippen LogP contribution in [0.15, 0.2) is 64.4 Å². The molecule has 0 spiro atoms. The first kappa shape index (κ1) is 23.9. The molecule has 0 bridgehead atoms. The summed E-state index contributed by atoms with van der Waals surface area (Å²) in [6.07, 6.45) is 5.61. The van der Waals surface area contributed by atoms with Crippen LogP contribution < -0.4 is 5.32 Å². The number of rotatable bonds is 6. The zero-order chi connectivity index (χ0) is 23.5. The van der Waals surface area contributed by atoms with Gasteiger partial charge in [-0.1, -0.05) is 43.9 Å². The minimum atomic E-state index is -3.88. The summed E-state index contributed by atoms with van der Waals surface area (Å²) in [5.41, 5.74) is 0.379. The van der Waals surface area contributed by atoms with Crippen molar-refractivity contribution < 1.29 is 21.6 Å². The molecule has 1 heterocycles. The number of nitrogens with zero attached hydrogens (tertiary/aromatic N) is 1. The first-order valence-corrected chi connectivity index (χ1v) is 14.4. The number of nitrogens with one attached hydrogen (secondary N) is 1. The second-order valence-electron chi connectivity index (χ2n) is 8.81. The fourth-order valence-corrected chi connectivity index (χ4v) is 8.38. The SMILES string of the molecule is O=C(Nc1ccc(S(=O)(=O)N2CCCCCC2)cc1)C1(S(=O)(=O)c2ccccc2)CCCC1. The summed E-state index contributed by atoms with van der Waals surface area (Å²) >= 11 is 0. The molecule has 0 atom stereocenters. The van der Waals surface area contributed by atoms with Gasteiger partial charge >= 0.3 is 0 Å². The van der Waals surface area contributed by atoms with Gasteiger partial charge in [0.1, 0.15) is 0 Å². The van der Waals surface area contributed by atoms with Crippen LogP contribution in [0, 0.1) is 0 Å². The van der Waals surface area contributed by atoms with Gasteiger partial charge in [0.05, 0.1) is 9.79 Å². The third-order valence-corrected chi connectivity index (χ3v) is 11.1. The van der Waals surface area contributed by atoms with E-state index in [9.17, 15) is 21.6 Å². The molecule has 0 unspecified atom stereocenters. The molecule has 1 saturated heterocycles. The summed E-state index contributed by atoms with van der Waals surface area (Å²) in [7, 11) is -7.48. The molecule has 2 aromatic carbocycles. The number of hydrogen-bond acceptors (Lipinski definition) is 5. The van der Waals surface area contributed by atoms with Crippen LogP contribution in [-0.4, -0.2) is 44.9 Å². The quantitative estimate of drug-likeness (QED) is 0.660. The molecule has 2 aliphatic rings. The van der Waals surface area contributed by atoms with Crippen molar-refractivity contribution in [2.45, 2.75) is 65.9 Å². The van der Waals surface area contributed by atoms with Crippen molar-refractivity contribution in [1.82, 2.24) is 4.31 Å². The van der Waals surface area contributed by atoms with Crippen molar-refractivity contribution in [3.8, 4) is 0 Å². The maximum Gasteiger partial charge on any atom is 0.246 e. The topological polar surface area (TPSA) is 101 Å². The smallest absolute Gasteiger partial charge is 0.246 e. The maximum atomic E-state index is 13.4. The Bertz CT molecular complexity index is 1180. The molecule has 1 aliphatic carbocycles. The average molecular weight is 491 g/mol. The summed E-state index contributed by atoms with van der Waals surface area (Å²) < 4.78 is 52.8. The number of hydrogen-bond donors (Lipinski definition) is 1. The largest absolute Gasteiger partial charge is 0.325 e. The highest BCUT2D eigenvalue weighted by Gasteiger charge is 2.52. The Hall–Kier alpha value is -2.23. The normalized spacial score (nSPS) is 19.6. The molecular weight excluding hydrogens is 460 g/mol. The van der Waals surface area contributed by atoms with E-state index in [2.05, 4.69) is 5.32 Å². The number of benzene rings is 2. The van der Waals surface area contributed by atoms with E-state index in [0.29, 0.717) is 31.6 Å². The number of sulfone groups is 1. The third-order valence-electron chi connectivity index (χ3n) is 6.71. The number of amides is 1. The molecule has 7 nitrogen and oxygen atoms in total. The monoisotopic (exact) mass is 490 g/mol. The highest BCUT2D eigenvalue weighted by atomic mass is 32.2. The maximum absolute atomic E-state index is 13.4. The molecule has 0 aromatic heterocycles. The first-order chi connectivity index (χ1) is 15.8. The molecule has 1 amide bonds. The van der Waals surface area contributed by atoms with Crippen LogP contribution >= 0.6 is 0 Å². The lowest BCUT2D eigenvalue weighted by Crippen LogP contribution is -2.47. The molecular formula is C24H30N2O5S2. The van der Waals surface area contributed by atoms with Crippen molar-refractivity contribution in [2.24, 2.45) is 0 Å². The average Bonchev–Trinajstić information content (AvgIpc) is 3.17. The van der Waals surface area contributed by atoms with Crippen molar-refractivity contribution in [1.29, 1.82) is 0 Å². The second kappa shape index (κ2) is 9.56. The Labute approximate surface area is 196 Å². The minimum absolute atomic E-state index is 0.140. The summed E-state index contributed by atoms with van der Waals surface area (Å²) in [4.78, 5) is 13.6. The van der Waals surface area contributed by atoms with Gasteiger partial charge in [-0.3, -0.25) is 4.79 Å². The molecule has 178 valence electrons. The van der Waals surface area contributed by atoms with E-state index in [0.717, 1.165) is 25.7 Å². The molecule has 1 aliphatic heterocycles. The highest BCUT2D eigenvalue weighted by molar-refractivity contribution is 7.93. The zero-order valence-corrected chi connectivity index (χ0v) is 20.2. The van der Waals surface area contributed by atoms with Gasteiger partial charge in [-0.05, 0) is 62.1 Å². The third kappa shape index (κ3) is 4.58. The van der Waals surface area contributed by atoms with Crippen molar-refractivity contribution >= 4 is 31.5 Å². The van der Waals surface area contributed by atoms with E-state index in [-0.39, 0.29) is 22.6 Å². The molecule has 1 saturated carbocycles.